The molecule has 2 aliphatic rings. The smallest absolute Gasteiger partial charge is 0.0588 e. The fraction of sp³-hybridized carbons (Fsp3) is 0.833. The second-order valence-electron chi connectivity index (χ2n) is 4.36. The Kier molecular flexibility index (Phi) is 4.02. The van der Waals surface area contributed by atoms with Gasteiger partial charge in [-0.15, -0.1) is 0 Å². The Labute approximate surface area is 86.7 Å². The first-order valence-corrected chi connectivity index (χ1v) is 5.95. The van der Waals surface area contributed by atoms with Gasteiger partial charge in [0.1, 0.15) is 0 Å². The van der Waals surface area contributed by atoms with Crippen LogP contribution in [0.15, 0.2) is 12.2 Å². The van der Waals surface area contributed by atoms with Crippen LogP contribution in [0.5, 0.6) is 0 Å². The standard InChI is InChI=1S/C12H21NO/c1-2-5-11(6-3-1)13-9-8-12-7-4-10-14-12/h1-2,11-13H,3-10H2. The van der Waals surface area contributed by atoms with Crippen molar-refractivity contribution in [2.24, 2.45) is 0 Å². The molecule has 2 unspecified atom stereocenters. The quantitative estimate of drug-likeness (QED) is 0.695. The van der Waals surface area contributed by atoms with Crippen LogP contribution in [0, 0.1) is 0 Å². The van der Waals surface area contributed by atoms with E-state index in [0.29, 0.717) is 6.10 Å². The molecule has 2 nitrogen and oxygen atoms in total. The van der Waals surface area contributed by atoms with Crippen LogP contribution in [0.2, 0.25) is 0 Å². The number of ether oxygens (including phenoxy) is 1. The number of hydrogen-bond acceptors (Lipinski definition) is 2. The number of hydrogen-bond donors (Lipinski definition) is 1. The maximum Gasteiger partial charge on any atom is 0.0588 e. The van der Waals surface area contributed by atoms with Crippen molar-refractivity contribution in [1.29, 1.82) is 0 Å². The van der Waals surface area contributed by atoms with Crippen molar-refractivity contribution in [3.05, 3.63) is 12.2 Å². The van der Waals surface area contributed by atoms with Crippen molar-refractivity contribution >= 4 is 0 Å². The molecule has 2 rings (SSSR count). The minimum atomic E-state index is 0.543. The third-order valence-electron chi connectivity index (χ3n) is 3.19. The average Bonchev–Trinajstić information content (AvgIpc) is 2.72. The number of nitrogens with one attached hydrogen (secondary N) is 1. The third kappa shape index (κ3) is 3.10. The van der Waals surface area contributed by atoms with Crippen LogP contribution in [0.3, 0.4) is 0 Å². The van der Waals surface area contributed by atoms with Crippen LogP contribution >= 0.6 is 0 Å². The van der Waals surface area contributed by atoms with Crippen molar-refractivity contribution < 1.29 is 4.74 Å². The summed E-state index contributed by atoms with van der Waals surface area (Å²) in [5.74, 6) is 0. The fourth-order valence-corrected chi connectivity index (χ4v) is 2.30. The molecule has 0 amide bonds. The molecular weight excluding hydrogens is 174 g/mol. The van der Waals surface area contributed by atoms with E-state index in [-0.39, 0.29) is 0 Å². The Balaban J connectivity index is 1.55. The third-order valence-corrected chi connectivity index (χ3v) is 3.19. The molecule has 1 N–H and O–H groups in total. The Morgan fingerprint density at radius 3 is 3.00 bits per heavy atom. The van der Waals surface area contributed by atoms with Gasteiger partial charge in [0.25, 0.3) is 0 Å². The summed E-state index contributed by atoms with van der Waals surface area (Å²) in [7, 11) is 0. The molecule has 80 valence electrons. The lowest BCUT2D eigenvalue weighted by Gasteiger charge is -2.20. The highest BCUT2D eigenvalue weighted by Gasteiger charge is 2.15. The summed E-state index contributed by atoms with van der Waals surface area (Å²) in [4.78, 5) is 0. The van der Waals surface area contributed by atoms with E-state index in [0.717, 1.165) is 19.2 Å². The lowest BCUT2D eigenvalue weighted by molar-refractivity contribution is 0.103. The van der Waals surface area contributed by atoms with Gasteiger partial charge in [-0.05, 0) is 45.1 Å². The van der Waals surface area contributed by atoms with E-state index in [4.69, 9.17) is 4.74 Å². The first kappa shape index (κ1) is 10.2. The summed E-state index contributed by atoms with van der Waals surface area (Å²) in [5.41, 5.74) is 0. The Morgan fingerprint density at radius 2 is 2.29 bits per heavy atom. The SMILES string of the molecule is C1=CCC(NCCC2CCCO2)CC1. The van der Waals surface area contributed by atoms with E-state index in [2.05, 4.69) is 17.5 Å². The van der Waals surface area contributed by atoms with Crippen molar-refractivity contribution in [2.75, 3.05) is 13.2 Å². The second kappa shape index (κ2) is 5.52. The topological polar surface area (TPSA) is 21.3 Å². The maximum absolute atomic E-state index is 5.59. The van der Waals surface area contributed by atoms with E-state index in [1.807, 2.05) is 0 Å². The van der Waals surface area contributed by atoms with Gasteiger partial charge in [-0.1, -0.05) is 12.2 Å². The van der Waals surface area contributed by atoms with Crippen LogP contribution in [0.25, 0.3) is 0 Å². The summed E-state index contributed by atoms with van der Waals surface area (Å²) in [6.45, 7) is 2.11. The van der Waals surface area contributed by atoms with Gasteiger partial charge in [0.15, 0.2) is 0 Å². The fourth-order valence-electron chi connectivity index (χ4n) is 2.30. The summed E-state index contributed by atoms with van der Waals surface area (Å²) in [6.07, 6.45) is 12.6. The zero-order valence-electron chi connectivity index (χ0n) is 8.87. The minimum absolute atomic E-state index is 0.543. The summed E-state index contributed by atoms with van der Waals surface area (Å²) in [6, 6.07) is 0.724. The molecular formula is C12H21NO. The van der Waals surface area contributed by atoms with Gasteiger partial charge in [-0.3, -0.25) is 0 Å². The molecule has 2 heteroatoms. The van der Waals surface area contributed by atoms with E-state index >= 15 is 0 Å². The lowest BCUT2D eigenvalue weighted by atomic mass is 10.0. The molecule has 0 saturated carbocycles. The van der Waals surface area contributed by atoms with E-state index in [1.165, 1.54) is 38.5 Å². The molecule has 0 aromatic heterocycles. The van der Waals surface area contributed by atoms with Crippen LogP contribution in [0.1, 0.15) is 38.5 Å². The van der Waals surface area contributed by atoms with Gasteiger partial charge >= 0.3 is 0 Å². The highest BCUT2D eigenvalue weighted by molar-refractivity contribution is 4.92. The molecule has 1 fully saturated rings. The number of rotatable bonds is 4. The van der Waals surface area contributed by atoms with Crippen molar-refractivity contribution in [1.82, 2.24) is 5.32 Å². The Hall–Kier alpha value is -0.340. The molecule has 1 saturated heterocycles. The predicted molar refractivity (Wildman–Crippen MR) is 58.4 cm³/mol. The van der Waals surface area contributed by atoms with Gasteiger partial charge in [0.2, 0.25) is 0 Å². The predicted octanol–water partition coefficient (Wildman–Crippen LogP) is 2.25. The Morgan fingerprint density at radius 1 is 1.29 bits per heavy atom. The zero-order valence-corrected chi connectivity index (χ0v) is 8.87. The van der Waals surface area contributed by atoms with Crippen molar-refractivity contribution in [3.8, 4) is 0 Å². The van der Waals surface area contributed by atoms with E-state index in [9.17, 15) is 0 Å². The van der Waals surface area contributed by atoms with Gasteiger partial charge in [0.05, 0.1) is 6.10 Å². The van der Waals surface area contributed by atoms with E-state index < -0.39 is 0 Å². The van der Waals surface area contributed by atoms with Gasteiger partial charge in [-0.2, -0.15) is 0 Å². The molecule has 0 aromatic carbocycles. The molecule has 2 atom stereocenters. The van der Waals surface area contributed by atoms with Gasteiger partial charge in [-0.25, -0.2) is 0 Å². The average molecular weight is 195 g/mol. The first-order chi connectivity index (χ1) is 6.95. The molecule has 0 aromatic rings. The molecule has 0 bridgehead atoms. The van der Waals surface area contributed by atoms with Gasteiger partial charge < -0.3 is 10.1 Å². The monoisotopic (exact) mass is 195 g/mol. The molecule has 1 aliphatic heterocycles. The lowest BCUT2D eigenvalue weighted by Crippen LogP contribution is -2.32. The molecule has 1 heterocycles. The molecule has 0 radical (unpaired) electrons. The van der Waals surface area contributed by atoms with Crippen LogP contribution in [-0.4, -0.2) is 25.3 Å². The molecule has 0 spiro atoms. The van der Waals surface area contributed by atoms with Crippen LogP contribution < -0.4 is 5.32 Å². The number of allylic oxidation sites excluding steroid dienone is 1. The highest BCUT2D eigenvalue weighted by Crippen LogP contribution is 2.15. The van der Waals surface area contributed by atoms with E-state index in [1.54, 1.807) is 0 Å². The highest BCUT2D eigenvalue weighted by atomic mass is 16.5. The summed E-state index contributed by atoms with van der Waals surface area (Å²) >= 11 is 0. The van der Waals surface area contributed by atoms with Gasteiger partial charge in [0, 0.05) is 12.6 Å². The maximum atomic E-state index is 5.59. The second-order valence-corrected chi connectivity index (χ2v) is 4.36. The van der Waals surface area contributed by atoms with Crippen LogP contribution in [0.4, 0.5) is 0 Å². The largest absolute Gasteiger partial charge is 0.378 e. The zero-order chi connectivity index (χ0) is 9.64. The Bertz CT molecular complexity index is 185. The van der Waals surface area contributed by atoms with Crippen molar-refractivity contribution in [2.45, 2.75) is 50.7 Å². The van der Waals surface area contributed by atoms with Crippen LogP contribution in [-0.2, 0) is 4.74 Å². The van der Waals surface area contributed by atoms with Crippen molar-refractivity contribution in [3.63, 3.8) is 0 Å². The minimum Gasteiger partial charge on any atom is -0.378 e. The molecule has 1 aliphatic carbocycles. The summed E-state index contributed by atoms with van der Waals surface area (Å²) in [5, 5.41) is 3.62. The normalized spacial score (nSPS) is 32.3. The summed E-state index contributed by atoms with van der Waals surface area (Å²) < 4.78 is 5.59. The molecule has 14 heavy (non-hydrogen) atoms. The first-order valence-electron chi connectivity index (χ1n) is 5.95.